The Balaban J connectivity index is 3.14. The monoisotopic (exact) mass is 227 g/mol. The van der Waals surface area contributed by atoms with Crippen LogP contribution in [0.5, 0.6) is 0 Å². The Hall–Kier alpha value is -0.0400. The van der Waals surface area contributed by atoms with E-state index < -0.39 is 0 Å². The van der Waals surface area contributed by atoms with Crippen LogP contribution in [0.1, 0.15) is 85.0 Å². The smallest absolute Gasteiger partial charge is 0.00644 e. The van der Waals surface area contributed by atoms with Gasteiger partial charge in [0, 0.05) is 6.04 Å². The minimum atomic E-state index is 0.435. The summed E-state index contributed by atoms with van der Waals surface area (Å²) in [6, 6.07) is 0.435. The van der Waals surface area contributed by atoms with Gasteiger partial charge >= 0.3 is 0 Å². The van der Waals surface area contributed by atoms with E-state index in [9.17, 15) is 0 Å². The third-order valence-electron chi connectivity index (χ3n) is 3.77. The second-order valence-electron chi connectivity index (χ2n) is 5.31. The van der Waals surface area contributed by atoms with Crippen LogP contribution in [0.15, 0.2) is 0 Å². The second kappa shape index (κ2) is 11.4. The molecule has 0 radical (unpaired) electrons. The van der Waals surface area contributed by atoms with E-state index in [1.54, 1.807) is 0 Å². The summed E-state index contributed by atoms with van der Waals surface area (Å²) in [7, 11) is 0. The van der Waals surface area contributed by atoms with Gasteiger partial charge in [-0.2, -0.15) is 0 Å². The highest BCUT2D eigenvalue weighted by Gasteiger charge is 2.09. The highest BCUT2D eigenvalue weighted by molar-refractivity contribution is 4.67. The van der Waals surface area contributed by atoms with E-state index in [2.05, 4.69) is 20.8 Å². The average Bonchev–Trinajstić information content (AvgIpc) is 2.31. The predicted octanol–water partition coefficient (Wildman–Crippen LogP) is 4.89. The molecule has 0 aliphatic heterocycles. The molecule has 0 aliphatic carbocycles. The van der Waals surface area contributed by atoms with Gasteiger partial charge in [0.15, 0.2) is 0 Å². The molecule has 0 heterocycles. The van der Waals surface area contributed by atoms with Crippen LogP contribution in [0.4, 0.5) is 0 Å². The Morgan fingerprint density at radius 2 is 1.31 bits per heavy atom. The van der Waals surface area contributed by atoms with Crippen molar-refractivity contribution in [1.82, 2.24) is 0 Å². The summed E-state index contributed by atoms with van der Waals surface area (Å²) in [5.41, 5.74) is 6.11. The van der Waals surface area contributed by atoms with Crippen molar-refractivity contribution in [2.45, 2.75) is 91.0 Å². The second-order valence-corrected chi connectivity index (χ2v) is 5.31. The number of hydrogen-bond acceptors (Lipinski definition) is 1. The van der Waals surface area contributed by atoms with Gasteiger partial charge in [0.25, 0.3) is 0 Å². The lowest BCUT2D eigenvalue weighted by atomic mass is 9.94. The van der Waals surface area contributed by atoms with Crippen LogP contribution in [0.25, 0.3) is 0 Å². The molecule has 0 aromatic carbocycles. The first-order valence-corrected chi connectivity index (χ1v) is 7.47. The van der Waals surface area contributed by atoms with Crippen molar-refractivity contribution in [3.63, 3.8) is 0 Å². The van der Waals surface area contributed by atoms with Gasteiger partial charge in [0.2, 0.25) is 0 Å². The molecule has 2 unspecified atom stereocenters. The van der Waals surface area contributed by atoms with Gasteiger partial charge in [0.1, 0.15) is 0 Å². The summed E-state index contributed by atoms with van der Waals surface area (Å²) in [6.07, 6.45) is 13.6. The molecule has 16 heavy (non-hydrogen) atoms. The first-order chi connectivity index (χ1) is 7.72. The van der Waals surface area contributed by atoms with Crippen molar-refractivity contribution in [3.05, 3.63) is 0 Å². The molecular weight excluding hydrogens is 194 g/mol. The van der Waals surface area contributed by atoms with Crippen molar-refractivity contribution in [1.29, 1.82) is 0 Å². The minimum Gasteiger partial charge on any atom is -0.327 e. The first kappa shape index (κ1) is 16.0. The van der Waals surface area contributed by atoms with E-state index in [1.165, 1.54) is 64.2 Å². The molecule has 2 N–H and O–H groups in total. The van der Waals surface area contributed by atoms with Crippen LogP contribution in [0.2, 0.25) is 0 Å². The summed E-state index contributed by atoms with van der Waals surface area (Å²) >= 11 is 0. The van der Waals surface area contributed by atoms with Crippen LogP contribution in [-0.2, 0) is 0 Å². The fraction of sp³-hybridized carbons (Fsp3) is 1.00. The van der Waals surface area contributed by atoms with E-state index in [4.69, 9.17) is 5.73 Å². The van der Waals surface area contributed by atoms with Crippen LogP contribution >= 0.6 is 0 Å². The van der Waals surface area contributed by atoms with Crippen molar-refractivity contribution < 1.29 is 0 Å². The lowest BCUT2D eigenvalue weighted by molar-refractivity contribution is 0.403. The summed E-state index contributed by atoms with van der Waals surface area (Å²) in [6.45, 7) is 6.78. The minimum absolute atomic E-state index is 0.435. The zero-order valence-electron chi connectivity index (χ0n) is 11.8. The van der Waals surface area contributed by atoms with Crippen molar-refractivity contribution in [3.8, 4) is 0 Å². The molecule has 0 saturated heterocycles. The van der Waals surface area contributed by atoms with Gasteiger partial charge in [-0.1, -0.05) is 78.6 Å². The van der Waals surface area contributed by atoms with E-state index in [-0.39, 0.29) is 0 Å². The van der Waals surface area contributed by atoms with E-state index in [0.29, 0.717) is 12.0 Å². The maximum Gasteiger partial charge on any atom is 0.00644 e. The maximum absolute atomic E-state index is 6.11. The number of unbranched alkanes of at least 4 members (excludes halogenated alkanes) is 7. The zero-order valence-corrected chi connectivity index (χ0v) is 11.8. The molecule has 0 bridgehead atoms. The molecule has 0 spiro atoms. The van der Waals surface area contributed by atoms with Crippen LogP contribution in [-0.4, -0.2) is 6.04 Å². The standard InChI is InChI=1S/C15H33N/c1-4-6-7-8-9-10-11-12-13-15(16)14(3)5-2/h14-15H,4-13,16H2,1-3H3. The summed E-state index contributed by atoms with van der Waals surface area (Å²) < 4.78 is 0. The van der Waals surface area contributed by atoms with Crippen molar-refractivity contribution in [2.75, 3.05) is 0 Å². The third kappa shape index (κ3) is 9.21. The highest BCUT2D eigenvalue weighted by atomic mass is 14.6. The Morgan fingerprint density at radius 1 is 0.812 bits per heavy atom. The Kier molecular flexibility index (Phi) is 11.4. The Morgan fingerprint density at radius 3 is 1.81 bits per heavy atom. The Labute approximate surface area is 103 Å². The van der Waals surface area contributed by atoms with Gasteiger partial charge in [-0.3, -0.25) is 0 Å². The van der Waals surface area contributed by atoms with E-state index in [1.807, 2.05) is 0 Å². The molecule has 0 amide bonds. The lowest BCUT2D eigenvalue weighted by Crippen LogP contribution is -2.27. The first-order valence-electron chi connectivity index (χ1n) is 7.47. The normalized spacial score (nSPS) is 15.0. The molecule has 0 aromatic rings. The molecule has 0 rings (SSSR count). The molecule has 2 atom stereocenters. The average molecular weight is 227 g/mol. The van der Waals surface area contributed by atoms with Crippen molar-refractivity contribution >= 4 is 0 Å². The zero-order chi connectivity index (χ0) is 12.2. The van der Waals surface area contributed by atoms with E-state index in [0.717, 1.165) is 0 Å². The Bertz CT molecular complexity index is 133. The lowest BCUT2D eigenvalue weighted by Gasteiger charge is -2.17. The molecule has 0 aromatic heterocycles. The molecule has 0 aliphatic rings. The fourth-order valence-electron chi connectivity index (χ4n) is 2.10. The van der Waals surface area contributed by atoms with Gasteiger partial charge in [-0.15, -0.1) is 0 Å². The summed E-state index contributed by atoms with van der Waals surface area (Å²) in [5.74, 6) is 0.699. The van der Waals surface area contributed by atoms with Gasteiger partial charge in [-0.05, 0) is 12.3 Å². The number of hydrogen-bond donors (Lipinski definition) is 1. The topological polar surface area (TPSA) is 26.0 Å². The number of nitrogens with two attached hydrogens (primary N) is 1. The molecule has 98 valence electrons. The predicted molar refractivity (Wildman–Crippen MR) is 74.7 cm³/mol. The fourth-order valence-corrected chi connectivity index (χ4v) is 2.10. The molecule has 0 saturated carbocycles. The summed E-state index contributed by atoms with van der Waals surface area (Å²) in [5, 5.41) is 0. The van der Waals surface area contributed by atoms with Crippen LogP contribution < -0.4 is 5.73 Å². The molecular formula is C15H33N. The number of rotatable bonds is 11. The maximum atomic E-state index is 6.11. The quantitative estimate of drug-likeness (QED) is 0.500. The van der Waals surface area contributed by atoms with Crippen LogP contribution in [0.3, 0.4) is 0 Å². The van der Waals surface area contributed by atoms with Crippen LogP contribution in [0, 0.1) is 5.92 Å². The SMILES string of the molecule is CCCCCCCCCCC(N)C(C)CC. The van der Waals surface area contributed by atoms with Gasteiger partial charge in [-0.25, -0.2) is 0 Å². The molecule has 1 nitrogen and oxygen atoms in total. The molecule has 0 fully saturated rings. The van der Waals surface area contributed by atoms with Gasteiger partial charge < -0.3 is 5.73 Å². The molecule has 1 heteroatoms. The summed E-state index contributed by atoms with van der Waals surface area (Å²) in [4.78, 5) is 0. The van der Waals surface area contributed by atoms with Gasteiger partial charge in [0.05, 0.1) is 0 Å². The van der Waals surface area contributed by atoms with Crippen molar-refractivity contribution in [2.24, 2.45) is 11.7 Å². The largest absolute Gasteiger partial charge is 0.327 e. The van der Waals surface area contributed by atoms with E-state index >= 15 is 0 Å². The highest BCUT2D eigenvalue weighted by Crippen LogP contribution is 2.14. The third-order valence-corrected chi connectivity index (χ3v) is 3.77.